The Bertz CT molecular complexity index is 732. The van der Waals surface area contributed by atoms with Crippen molar-refractivity contribution in [1.82, 2.24) is 10.1 Å². The molecule has 1 aliphatic rings. The van der Waals surface area contributed by atoms with Crippen molar-refractivity contribution in [3.05, 3.63) is 44.1 Å². The number of rotatable bonds is 4. The number of amides is 1. The fraction of sp³-hybridized carbons (Fsp3) is 0.500. The van der Waals surface area contributed by atoms with Gasteiger partial charge in [-0.15, -0.1) is 11.3 Å². The lowest BCUT2D eigenvalue weighted by molar-refractivity contribution is -0.134. The van der Waals surface area contributed by atoms with Crippen LogP contribution in [0.4, 0.5) is 0 Å². The monoisotopic (exact) mass is 336 g/mol. The van der Waals surface area contributed by atoms with E-state index in [1.165, 1.54) is 16.5 Å². The highest BCUT2D eigenvalue weighted by Gasteiger charge is 2.32. The van der Waals surface area contributed by atoms with Gasteiger partial charge in [-0.3, -0.25) is 9.59 Å². The molecule has 6 nitrogen and oxygen atoms in total. The number of aryl methyl sites for hydroxylation is 2. The number of H-pyrrole nitrogens is 1. The third kappa shape index (κ3) is 3.56. The van der Waals surface area contributed by atoms with Crippen molar-refractivity contribution in [2.75, 3.05) is 13.1 Å². The average molecular weight is 336 g/mol. The van der Waals surface area contributed by atoms with Crippen LogP contribution in [-0.4, -0.2) is 40.3 Å². The number of nitrogens with one attached hydrogen (secondary N) is 1. The highest BCUT2D eigenvalue weighted by Crippen LogP contribution is 2.34. The van der Waals surface area contributed by atoms with E-state index in [0.717, 1.165) is 6.42 Å². The number of aliphatic hydroxyl groups is 1. The maximum Gasteiger partial charge on any atom is 0.280 e. The Morgan fingerprint density at radius 2 is 2.39 bits per heavy atom. The molecule has 3 heterocycles. The number of hydrogen-bond donors (Lipinski definition) is 2. The molecule has 3 rings (SSSR count). The zero-order valence-electron chi connectivity index (χ0n) is 12.9. The normalized spacial score (nSPS) is 21.6. The summed E-state index contributed by atoms with van der Waals surface area (Å²) in [5, 5.41) is 14.7. The van der Waals surface area contributed by atoms with Crippen molar-refractivity contribution in [2.45, 2.75) is 38.2 Å². The molecule has 1 amide bonds. The van der Waals surface area contributed by atoms with E-state index in [1.54, 1.807) is 16.2 Å². The van der Waals surface area contributed by atoms with E-state index >= 15 is 0 Å². The molecule has 0 radical (unpaired) electrons. The van der Waals surface area contributed by atoms with Gasteiger partial charge < -0.3 is 14.5 Å². The quantitative estimate of drug-likeness (QED) is 0.889. The first-order valence-corrected chi connectivity index (χ1v) is 8.60. The second-order valence-electron chi connectivity index (χ2n) is 5.95. The summed E-state index contributed by atoms with van der Waals surface area (Å²) in [7, 11) is 0. The number of piperidine rings is 1. The molecule has 1 aliphatic heterocycles. The number of hydrogen-bond acceptors (Lipinski definition) is 5. The molecule has 23 heavy (non-hydrogen) atoms. The molecule has 0 spiro atoms. The van der Waals surface area contributed by atoms with Gasteiger partial charge >= 0.3 is 0 Å². The smallest absolute Gasteiger partial charge is 0.280 e. The molecule has 0 bridgehead atoms. The first-order chi connectivity index (χ1) is 11.0. The van der Waals surface area contributed by atoms with Crippen molar-refractivity contribution < 1.29 is 14.4 Å². The molecule has 7 heteroatoms. The number of likely N-dealkylation sites (tertiary alicyclic amines) is 1. The number of aliphatic hydroxyl groups excluding tert-OH is 1. The molecule has 124 valence electrons. The van der Waals surface area contributed by atoms with Crippen LogP contribution in [0.1, 0.15) is 35.0 Å². The van der Waals surface area contributed by atoms with Crippen LogP contribution in [0, 0.1) is 6.92 Å². The maximum absolute atomic E-state index is 12.3. The van der Waals surface area contributed by atoms with Crippen LogP contribution in [0.25, 0.3) is 0 Å². The predicted octanol–water partition coefficient (Wildman–Crippen LogP) is 1.65. The third-order valence-corrected chi connectivity index (χ3v) is 5.48. The SMILES string of the molecule is Cc1ccsc1[C@@H]1CCN(C(=O)CCc2cc(=O)[nH]o2)C[C@H]1O. The van der Waals surface area contributed by atoms with E-state index in [-0.39, 0.29) is 23.8 Å². The molecule has 1 saturated heterocycles. The van der Waals surface area contributed by atoms with Gasteiger partial charge in [-0.05, 0) is 30.4 Å². The minimum atomic E-state index is -0.532. The van der Waals surface area contributed by atoms with Gasteiger partial charge in [0.1, 0.15) is 5.76 Å². The summed E-state index contributed by atoms with van der Waals surface area (Å²) in [6.45, 7) is 3.06. The van der Waals surface area contributed by atoms with E-state index in [2.05, 4.69) is 18.1 Å². The highest BCUT2D eigenvalue weighted by molar-refractivity contribution is 7.10. The average Bonchev–Trinajstić information content (AvgIpc) is 3.13. The molecule has 0 unspecified atom stereocenters. The van der Waals surface area contributed by atoms with Gasteiger partial charge in [-0.25, -0.2) is 0 Å². The van der Waals surface area contributed by atoms with Gasteiger partial charge in [0.2, 0.25) is 5.91 Å². The van der Waals surface area contributed by atoms with Crippen LogP contribution in [0.15, 0.2) is 26.8 Å². The second kappa shape index (κ2) is 6.72. The summed E-state index contributed by atoms with van der Waals surface area (Å²) >= 11 is 1.67. The van der Waals surface area contributed by atoms with Gasteiger partial charge in [0.05, 0.1) is 6.10 Å². The second-order valence-corrected chi connectivity index (χ2v) is 6.90. The van der Waals surface area contributed by atoms with Gasteiger partial charge in [0, 0.05) is 42.8 Å². The number of carbonyl (C=O) groups excluding carboxylic acids is 1. The molecule has 2 aromatic heterocycles. The standard InChI is InChI=1S/C16H20N2O4S/c1-10-5-7-23-16(10)12-4-6-18(9-13(12)19)15(21)3-2-11-8-14(20)17-22-11/h5,7-8,12-13,19H,2-4,6,9H2,1H3,(H,17,20)/t12-,13-/m1/s1. The summed E-state index contributed by atoms with van der Waals surface area (Å²) < 4.78 is 4.95. The zero-order valence-corrected chi connectivity index (χ0v) is 13.8. The predicted molar refractivity (Wildman–Crippen MR) is 86.7 cm³/mol. The molecule has 0 aliphatic carbocycles. The Balaban J connectivity index is 1.55. The lowest BCUT2D eigenvalue weighted by Gasteiger charge is -2.36. The first-order valence-electron chi connectivity index (χ1n) is 7.72. The first kappa shape index (κ1) is 16.0. The van der Waals surface area contributed by atoms with E-state index in [9.17, 15) is 14.7 Å². The van der Waals surface area contributed by atoms with Crippen LogP contribution in [-0.2, 0) is 11.2 Å². The molecule has 0 saturated carbocycles. The van der Waals surface area contributed by atoms with Crippen LogP contribution >= 0.6 is 11.3 Å². The summed E-state index contributed by atoms with van der Waals surface area (Å²) in [6, 6.07) is 3.42. The lowest BCUT2D eigenvalue weighted by atomic mass is 9.90. The Labute approximate surface area is 137 Å². The fourth-order valence-corrected chi connectivity index (χ4v) is 4.18. The number of aromatic amines is 1. The number of aromatic nitrogens is 1. The van der Waals surface area contributed by atoms with Crippen molar-refractivity contribution in [3.8, 4) is 0 Å². The van der Waals surface area contributed by atoms with Crippen molar-refractivity contribution in [2.24, 2.45) is 0 Å². The van der Waals surface area contributed by atoms with Crippen LogP contribution in [0.5, 0.6) is 0 Å². The lowest BCUT2D eigenvalue weighted by Crippen LogP contribution is -2.45. The number of β-amino-alcohol motifs (C(OH)–C–C–N with tert-alkyl or cyclic N) is 1. The fourth-order valence-electron chi connectivity index (χ4n) is 3.06. The summed E-state index contributed by atoms with van der Waals surface area (Å²) in [4.78, 5) is 26.2. The van der Waals surface area contributed by atoms with Gasteiger partial charge in [0.25, 0.3) is 5.56 Å². The van der Waals surface area contributed by atoms with Crippen molar-refractivity contribution in [3.63, 3.8) is 0 Å². The Kier molecular flexibility index (Phi) is 4.68. The minimum absolute atomic E-state index is 0.0192. The Morgan fingerprint density at radius 1 is 1.57 bits per heavy atom. The molecule has 0 aromatic carbocycles. The maximum atomic E-state index is 12.3. The molecular weight excluding hydrogens is 316 g/mol. The summed E-state index contributed by atoms with van der Waals surface area (Å²) in [5.41, 5.74) is 0.913. The number of carbonyl (C=O) groups is 1. The van der Waals surface area contributed by atoms with E-state index < -0.39 is 6.10 Å². The van der Waals surface area contributed by atoms with Gasteiger partial charge in [0.15, 0.2) is 0 Å². The molecule has 2 atom stereocenters. The molecule has 1 fully saturated rings. The number of nitrogens with zero attached hydrogens (tertiary/aromatic N) is 1. The summed E-state index contributed by atoms with van der Waals surface area (Å²) in [5.74, 6) is 0.573. The number of thiophene rings is 1. The largest absolute Gasteiger partial charge is 0.391 e. The van der Waals surface area contributed by atoms with Crippen LogP contribution < -0.4 is 5.56 Å². The Hall–Kier alpha value is -1.86. The summed E-state index contributed by atoms with van der Waals surface area (Å²) in [6.07, 6.45) is 0.900. The third-order valence-electron chi connectivity index (χ3n) is 4.33. The van der Waals surface area contributed by atoms with Gasteiger partial charge in [-0.1, -0.05) is 0 Å². The van der Waals surface area contributed by atoms with E-state index in [1.807, 2.05) is 5.38 Å². The zero-order chi connectivity index (χ0) is 16.4. The molecular formula is C16H20N2O4S. The molecule has 2 aromatic rings. The van der Waals surface area contributed by atoms with E-state index in [4.69, 9.17) is 4.52 Å². The Morgan fingerprint density at radius 3 is 3.00 bits per heavy atom. The van der Waals surface area contributed by atoms with Crippen LogP contribution in [0.3, 0.4) is 0 Å². The topological polar surface area (TPSA) is 86.5 Å². The van der Waals surface area contributed by atoms with Crippen LogP contribution in [0.2, 0.25) is 0 Å². The van der Waals surface area contributed by atoms with Crippen molar-refractivity contribution >= 4 is 17.2 Å². The van der Waals surface area contributed by atoms with Crippen molar-refractivity contribution in [1.29, 1.82) is 0 Å². The van der Waals surface area contributed by atoms with Gasteiger partial charge in [-0.2, -0.15) is 5.16 Å². The molecule has 2 N–H and O–H groups in total. The minimum Gasteiger partial charge on any atom is -0.391 e. The van der Waals surface area contributed by atoms with E-state index in [0.29, 0.717) is 25.3 Å². The highest BCUT2D eigenvalue weighted by atomic mass is 32.1.